The maximum absolute atomic E-state index is 13.6. The van der Waals surface area contributed by atoms with Gasteiger partial charge in [0.15, 0.2) is 9.84 Å². The summed E-state index contributed by atoms with van der Waals surface area (Å²) in [5.41, 5.74) is 1.64. The van der Waals surface area contributed by atoms with Crippen molar-refractivity contribution in [3.63, 3.8) is 0 Å². The molecule has 8 nitrogen and oxygen atoms in total. The van der Waals surface area contributed by atoms with Gasteiger partial charge in [0.1, 0.15) is 0 Å². The van der Waals surface area contributed by atoms with E-state index < -0.39 is 34.3 Å². The van der Waals surface area contributed by atoms with Crippen molar-refractivity contribution in [1.82, 2.24) is 10.2 Å². The number of hydrogen-bond acceptors (Lipinski definition) is 7. The minimum atomic E-state index is -3.39. The number of anilines is 1. The Labute approximate surface area is 262 Å². The number of alkyl halides is 4. The fourth-order valence-electron chi connectivity index (χ4n) is 6.17. The van der Waals surface area contributed by atoms with Gasteiger partial charge in [-0.1, -0.05) is 19.1 Å². The van der Waals surface area contributed by atoms with Crippen LogP contribution in [0.5, 0.6) is 0 Å². The summed E-state index contributed by atoms with van der Waals surface area (Å²) in [4.78, 5) is 17.4. The largest absolute Gasteiger partial charge is 0.365 e. The number of benzene rings is 2. The molecule has 1 saturated heterocycles. The van der Waals surface area contributed by atoms with Crippen molar-refractivity contribution < 1.29 is 35.5 Å². The van der Waals surface area contributed by atoms with Crippen LogP contribution in [0.4, 0.5) is 23.2 Å². The zero-order valence-electron chi connectivity index (χ0n) is 25.5. The average Bonchev–Trinajstić information content (AvgIpc) is 3.45. The highest BCUT2D eigenvalue weighted by Gasteiger charge is 2.38. The van der Waals surface area contributed by atoms with Crippen LogP contribution in [0.3, 0.4) is 0 Å². The van der Waals surface area contributed by atoms with Crippen LogP contribution < -0.4 is 10.2 Å². The second-order valence-electron chi connectivity index (χ2n) is 11.9. The SMILES string of the molecule is CCS(=O)(=O)c1ccc([C@H](CC#N)NC(=O)c2ccc(N3CC(N(C)CC4CCC(F)(F)CC4)C[C@H]3COC(F)F)cc2)cc1. The van der Waals surface area contributed by atoms with Crippen molar-refractivity contribution in [2.24, 2.45) is 5.92 Å². The van der Waals surface area contributed by atoms with Crippen molar-refractivity contribution in [3.8, 4) is 6.07 Å². The lowest BCUT2D eigenvalue weighted by Crippen LogP contribution is -2.39. The molecule has 0 bridgehead atoms. The highest BCUT2D eigenvalue weighted by Crippen LogP contribution is 2.37. The summed E-state index contributed by atoms with van der Waals surface area (Å²) in [5, 5.41) is 12.2. The van der Waals surface area contributed by atoms with E-state index in [2.05, 4.69) is 21.0 Å². The fraction of sp³-hybridized carbons (Fsp3) is 0.562. The molecule has 246 valence electrons. The van der Waals surface area contributed by atoms with E-state index in [1.54, 1.807) is 43.3 Å². The number of hydrogen-bond donors (Lipinski definition) is 1. The molecule has 1 unspecified atom stereocenters. The number of carbonyl (C=O) groups excluding carboxylic acids is 1. The number of likely N-dealkylation sites (N-methyl/N-ethyl adjacent to an activating group) is 1. The molecule has 1 heterocycles. The molecule has 1 amide bonds. The van der Waals surface area contributed by atoms with E-state index in [4.69, 9.17) is 0 Å². The highest BCUT2D eigenvalue weighted by molar-refractivity contribution is 7.91. The third kappa shape index (κ3) is 9.17. The Balaban J connectivity index is 1.43. The molecular weight excluding hydrogens is 612 g/mol. The lowest BCUT2D eigenvalue weighted by atomic mass is 9.86. The average molecular weight is 653 g/mol. The van der Waals surface area contributed by atoms with Crippen molar-refractivity contribution in [3.05, 3.63) is 59.7 Å². The van der Waals surface area contributed by atoms with E-state index in [9.17, 15) is 36.0 Å². The lowest BCUT2D eigenvalue weighted by Gasteiger charge is -2.33. The summed E-state index contributed by atoms with van der Waals surface area (Å²) in [6.45, 7) is -0.370. The summed E-state index contributed by atoms with van der Waals surface area (Å²) in [5.74, 6) is -2.91. The molecule has 1 aliphatic heterocycles. The Morgan fingerprint density at radius 1 is 1.13 bits per heavy atom. The number of sulfone groups is 1. The van der Waals surface area contributed by atoms with Crippen molar-refractivity contribution in [2.75, 3.05) is 37.4 Å². The summed E-state index contributed by atoms with van der Waals surface area (Å²) < 4.78 is 82.1. The number of nitrogens with zero attached hydrogens (tertiary/aromatic N) is 3. The van der Waals surface area contributed by atoms with Gasteiger partial charge in [-0.3, -0.25) is 4.79 Å². The first kappa shape index (κ1) is 34.7. The number of amides is 1. The first-order valence-corrected chi connectivity index (χ1v) is 16.8. The highest BCUT2D eigenvalue weighted by atomic mass is 32.2. The first-order chi connectivity index (χ1) is 21.3. The Morgan fingerprint density at radius 2 is 1.78 bits per heavy atom. The standard InChI is InChI=1S/C32H40F4N4O4S/c1-3-45(42,43)28-10-6-23(7-11-28)29(14-17-37)38-30(41)24-4-8-25(9-5-24)40-20-26(18-27(40)21-44-31(33)34)39(2)19-22-12-15-32(35,36)16-13-22/h4-11,22,26-27,29,31H,3,12-16,18-21H2,1-2H3,(H,38,41)/t26?,27-,29-/m0/s1. The predicted octanol–water partition coefficient (Wildman–Crippen LogP) is 5.81. The van der Waals surface area contributed by atoms with Gasteiger partial charge in [0, 0.05) is 43.2 Å². The van der Waals surface area contributed by atoms with Crippen molar-refractivity contribution >= 4 is 21.4 Å². The molecule has 0 radical (unpaired) electrons. The first-order valence-electron chi connectivity index (χ1n) is 15.2. The van der Waals surface area contributed by atoms with Gasteiger partial charge in [0.25, 0.3) is 5.91 Å². The third-order valence-corrected chi connectivity index (χ3v) is 10.6. The minimum absolute atomic E-state index is 0.00660. The predicted molar refractivity (Wildman–Crippen MR) is 162 cm³/mol. The van der Waals surface area contributed by atoms with E-state index in [-0.39, 0.29) is 54.5 Å². The van der Waals surface area contributed by atoms with Crippen LogP contribution >= 0.6 is 0 Å². The molecular formula is C32H40F4N4O4S. The van der Waals surface area contributed by atoms with E-state index in [1.165, 1.54) is 12.1 Å². The van der Waals surface area contributed by atoms with Crippen LogP contribution in [-0.2, 0) is 14.6 Å². The Kier molecular flexibility index (Phi) is 11.5. The quantitative estimate of drug-likeness (QED) is 0.273. The van der Waals surface area contributed by atoms with Crippen LogP contribution in [-0.4, -0.2) is 76.3 Å². The minimum Gasteiger partial charge on any atom is -0.365 e. The van der Waals surface area contributed by atoms with E-state index in [1.807, 2.05) is 11.9 Å². The summed E-state index contributed by atoms with van der Waals surface area (Å²) in [6, 6.07) is 13.8. The summed E-state index contributed by atoms with van der Waals surface area (Å²) >= 11 is 0. The molecule has 2 aromatic rings. The Hall–Kier alpha value is -3.21. The molecule has 2 fully saturated rings. The zero-order chi connectivity index (χ0) is 32.8. The third-order valence-electron chi connectivity index (χ3n) is 8.90. The smallest absolute Gasteiger partial charge is 0.345 e. The summed E-state index contributed by atoms with van der Waals surface area (Å²) in [6.07, 6.45) is 1.22. The number of nitrogens with one attached hydrogen (secondary N) is 1. The molecule has 13 heteroatoms. The molecule has 1 aliphatic carbocycles. The number of halogens is 4. The normalized spacial score (nSPS) is 21.2. The molecule has 1 N–H and O–H groups in total. The van der Waals surface area contributed by atoms with E-state index in [0.717, 1.165) is 5.69 Å². The van der Waals surface area contributed by atoms with Gasteiger partial charge in [0.05, 0.1) is 41.8 Å². The van der Waals surface area contributed by atoms with Gasteiger partial charge < -0.3 is 19.9 Å². The molecule has 0 aromatic heterocycles. The molecule has 2 aromatic carbocycles. The van der Waals surface area contributed by atoms with Crippen LogP contribution in [0.1, 0.15) is 67.4 Å². The summed E-state index contributed by atoms with van der Waals surface area (Å²) in [7, 11) is -1.45. The molecule has 3 atom stereocenters. The van der Waals surface area contributed by atoms with Gasteiger partial charge in [-0.2, -0.15) is 14.0 Å². The van der Waals surface area contributed by atoms with Gasteiger partial charge in [0.2, 0.25) is 5.92 Å². The van der Waals surface area contributed by atoms with E-state index >= 15 is 0 Å². The van der Waals surface area contributed by atoms with Gasteiger partial charge in [-0.05, 0) is 74.2 Å². The number of ether oxygens (including phenoxy) is 1. The van der Waals surface area contributed by atoms with Crippen LogP contribution in [0.15, 0.2) is 53.4 Å². The molecule has 2 aliphatic rings. The number of carbonyl (C=O) groups is 1. The topological polar surface area (TPSA) is 103 Å². The monoisotopic (exact) mass is 652 g/mol. The lowest BCUT2D eigenvalue weighted by molar-refractivity contribution is -0.131. The molecule has 1 saturated carbocycles. The maximum Gasteiger partial charge on any atom is 0.345 e. The van der Waals surface area contributed by atoms with Gasteiger partial charge in [-0.15, -0.1) is 0 Å². The Bertz CT molecular complexity index is 1420. The van der Waals surface area contributed by atoms with Crippen LogP contribution in [0, 0.1) is 17.2 Å². The Morgan fingerprint density at radius 3 is 2.36 bits per heavy atom. The fourth-order valence-corrected chi connectivity index (χ4v) is 7.06. The van der Waals surface area contributed by atoms with Gasteiger partial charge in [-0.25, -0.2) is 17.2 Å². The second-order valence-corrected chi connectivity index (χ2v) is 14.2. The second kappa shape index (κ2) is 14.9. The van der Waals surface area contributed by atoms with Gasteiger partial charge >= 0.3 is 6.61 Å². The van der Waals surface area contributed by atoms with Crippen LogP contribution in [0.2, 0.25) is 0 Å². The number of nitriles is 1. The molecule has 4 rings (SSSR count). The van der Waals surface area contributed by atoms with Crippen molar-refractivity contribution in [1.29, 1.82) is 5.26 Å². The molecule has 0 spiro atoms. The van der Waals surface area contributed by atoms with Crippen molar-refractivity contribution in [2.45, 2.75) is 81.0 Å². The van der Waals surface area contributed by atoms with Crippen LogP contribution in [0.25, 0.3) is 0 Å². The zero-order valence-corrected chi connectivity index (χ0v) is 26.3. The molecule has 45 heavy (non-hydrogen) atoms. The van der Waals surface area contributed by atoms with E-state index in [0.29, 0.717) is 43.5 Å². The maximum atomic E-state index is 13.6. The number of rotatable bonds is 13.